The molecule has 0 N–H and O–H groups in total. The molecule has 338 valence electrons. The lowest BCUT2D eigenvalue weighted by Gasteiger charge is -2.34. The number of hydrogen-bond acceptors (Lipinski definition) is 5. The Morgan fingerprint density at radius 2 is 1.16 bits per heavy atom. The van der Waals surface area contributed by atoms with Crippen molar-refractivity contribution in [2.24, 2.45) is 0 Å². The van der Waals surface area contributed by atoms with Crippen LogP contribution in [0.5, 0.6) is 34.5 Å². The van der Waals surface area contributed by atoms with Gasteiger partial charge >= 0.3 is 0 Å². The van der Waals surface area contributed by atoms with E-state index in [9.17, 15) is 0 Å². The molecule has 0 atom stereocenters. The third-order valence-electron chi connectivity index (χ3n) is 14.1. The molecule has 0 amide bonds. The maximum atomic E-state index is 7.30. The average molecular weight is 909 g/mol. The molecule has 0 radical (unpaired) electrons. The number of imidazole rings is 1. The Balaban J connectivity index is 1.08. The first-order chi connectivity index (χ1) is 34.0. The zero-order valence-corrected chi connectivity index (χ0v) is 40.0. The fraction of sp³-hybridized carbons (Fsp3) is 0.129. The molecule has 0 bridgehead atoms. The first kappa shape index (κ1) is 41.8. The highest BCUT2D eigenvalue weighted by molar-refractivity contribution is 6.98. The maximum absolute atomic E-state index is 7.30. The van der Waals surface area contributed by atoms with E-state index in [1.165, 1.54) is 11.1 Å². The first-order valence-electron chi connectivity index (χ1n) is 24.1. The molecule has 0 saturated carbocycles. The summed E-state index contributed by atoms with van der Waals surface area (Å²) >= 11 is 0. The summed E-state index contributed by atoms with van der Waals surface area (Å²) in [6.07, 6.45) is 1.91. The molecule has 13 rings (SSSR count). The van der Waals surface area contributed by atoms with E-state index in [1.807, 2.05) is 30.5 Å². The van der Waals surface area contributed by atoms with E-state index in [0.29, 0.717) is 23.0 Å². The molecule has 7 nitrogen and oxygen atoms in total. The summed E-state index contributed by atoms with van der Waals surface area (Å²) in [6, 6.07) is 63.8. The second-order valence-electron chi connectivity index (χ2n) is 20.6. The van der Waals surface area contributed by atoms with Gasteiger partial charge in [-0.1, -0.05) is 145 Å². The minimum Gasteiger partial charge on any atom is -0.458 e. The van der Waals surface area contributed by atoms with Gasteiger partial charge < -0.3 is 14.2 Å². The quantitative estimate of drug-likeness (QED) is 0.156. The molecule has 8 heteroatoms. The highest BCUT2D eigenvalue weighted by Crippen LogP contribution is 2.49. The summed E-state index contributed by atoms with van der Waals surface area (Å²) in [5, 5.41) is 2.25. The highest BCUT2D eigenvalue weighted by Gasteiger charge is 2.43. The lowest BCUT2D eigenvalue weighted by atomic mass is 9.34. The van der Waals surface area contributed by atoms with Crippen LogP contribution in [0.25, 0.3) is 66.9 Å². The van der Waals surface area contributed by atoms with Gasteiger partial charge in [-0.05, 0) is 111 Å². The topological polar surface area (TPSA) is 63.3 Å². The molecule has 8 aromatic carbocycles. The summed E-state index contributed by atoms with van der Waals surface area (Å²) in [5.74, 6) is 5.65. The Morgan fingerprint density at radius 3 is 1.91 bits per heavy atom. The van der Waals surface area contributed by atoms with Crippen LogP contribution in [0, 0.1) is 0 Å². The molecular weight excluding hydrogens is 860 g/mol. The Hall–Kier alpha value is -8.36. The molecular formula is C62H49BN4O3. The molecule has 11 aromatic rings. The van der Waals surface area contributed by atoms with E-state index in [0.717, 1.165) is 94.7 Å². The fourth-order valence-electron chi connectivity index (χ4n) is 10.6. The number of fused-ring (bicyclic) bond motifs is 8. The molecule has 0 spiro atoms. The molecule has 0 saturated heterocycles. The SMILES string of the molecule is CC(C)(C)c1ccnc(-n2c3ccccc3c3ccc(Oc4cc(-c5nc6ccccc6n5-c5ccc(C(C)(C)C)cc5-c5ccccc5)c5c6c4Oc4ccccc4B6c4ccccc4O5)cc32)c1. The van der Waals surface area contributed by atoms with Crippen LogP contribution >= 0.6 is 0 Å². The molecule has 70 heavy (non-hydrogen) atoms. The smallest absolute Gasteiger partial charge is 0.260 e. The van der Waals surface area contributed by atoms with Crippen LogP contribution in [0.15, 0.2) is 188 Å². The Labute approximate surface area is 407 Å². The van der Waals surface area contributed by atoms with E-state index in [4.69, 9.17) is 24.2 Å². The second-order valence-corrected chi connectivity index (χ2v) is 20.6. The highest BCUT2D eigenvalue weighted by atomic mass is 16.5. The third kappa shape index (κ3) is 6.65. The van der Waals surface area contributed by atoms with Crippen molar-refractivity contribution >= 4 is 55.9 Å². The summed E-state index contributed by atoms with van der Waals surface area (Å²) in [7, 11) is 0. The van der Waals surface area contributed by atoms with Gasteiger partial charge in [0, 0.05) is 34.1 Å². The zero-order chi connectivity index (χ0) is 47.5. The minimum absolute atomic E-state index is 0.0590. The number of ether oxygens (including phenoxy) is 3. The van der Waals surface area contributed by atoms with Crippen molar-refractivity contribution in [3.05, 3.63) is 199 Å². The van der Waals surface area contributed by atoms with E-state index < -0.39 is 0 Å². The van der Waals surface area contributed by atoms with Crippen molar-refractivity contribution < 1.29 is 14.2 Å². The van der Waals surface area contributed by atoms with Crippen molar-refractivity contribution in [1.29, 1.82) is 0 Å². The van der Waals surface area contributed by atoms with Gasteiger partial charge in [-0.15, -0.1) is 0 Å². The number of aromatic nitrogens is 4. The monoisotopic (exact) mass is 908 g/mol. The molecule has 2 aliphatic heterocycles. The second kappa shape index (κ2) is 15.6. The van der Waals surface area contributed by atoms with Crippen LogP contribution in [0.3, 0.4) is 0 Å². The number of hydrogen-bond donors (Lipinski definition) is 0. The third-order valence-corrected chi connectivity index (χ3v) is 14.1. The largest absolute Gasteiger partial charge is 0.458 e. The molecule has 0 fully saturated rings. The van der Waals surface area contributed by atoms with E-state index in [1.54, 1.807) is 0 Å². The Bertz CT molecular complexity index is 3900. The van der Waals surface area contributed by atoms with Gasteiger partial charge in [-0.25, -0.2) is 9.97 Å². The Kier molecular flexibility index (Phi) is 9.31. The lowest BCUT2D eigenvalue weighted by molar-refractivity contribution is 0.416. The number of para-hydroxylation sites is 5. The average Bonchev–Trinajstić information content (AvgIpc) is 3.92. The summed E-state index contributed by atoms with van der Waals surface area (Å²) in [4.78, 5) is 10.5. The summed E-state index contributed by atoms with van der Waals surface area (Å²) < 4.78 is 26.1. The predicted molar refractivity (Wildman–Crippen MR) is 286 cm³/mol. The predicted octanol–water partition coefficient (Wildman–Crippen LogP) is 14.0. The molecule has 2 aliphatic rings. The van der Waals surface area contributed by atoms with Gasteiger partial charge in [-0.3, -0.25) is 9.13 Å². The van der Waals surface area contributed by atoms with Crippen LogP contribution in [0.4, 0.5) is 0 Å². The van der Waals surface area contributed by atoms with Gasteiger partial charge in [-0.2, -0.15) is 0 Å². The molecule has 5 heterocycles. The molecule has 0 aliphatic carbocycles. The van der Waals surface area contributed by atoms with Crippen molar-refractivity contribution in [1.82, 2.24) is 19.1 Å². The number of nitrogens with zero attached hydrogens (tertiary/aromatic N) is 4. The first-order valence-corrected chi connectivity index (χ1v) is 24.1. The van der Waals surface area contributed by atoms with Gasteiger partial charge in [0.2, 0.25) is 0 Å². The lowest BCUT2D eigenvalue weighted by Crippen LogP contribution is -2.57. The van der Waals surface area contributed by atoms with Crippen LogP contribution in [-0.2, 0) is 10.8 Å². The van der Waals surface area contributed by atoms with E-state index >= 15 is 0 Å². The van der Waals surface area contributed by atoms with Gasteiger partial charge in [0.25, 0.3) is 6.71 Å². The molecule has 3 aromatic heterocycles. The summed E-state index contributed by atoms with van der Waals surface area (Å²) in [6.45, 7) is 13.3. The number of benzene rings is 8. The minimum atomic E-state index is -0.211. The Morgan fingerprint density at radius 1 is 0.514 bits per heavy atom. The standard InChI is InChI=1S/C62H49BN4O3/c1-61(2,3)39-28-31-50(44(34-39)38-18-8-7-9-19-38)67-51-25-15-13-23-48(51)65-60(67)45-37-55(59-57-58(45)69-53-26-16-11-21-46(53)63(57)47-22-12-17-27-54(47)70-59)68-41-29-30-43-42-20-10-14-24-49(42)66(52(43)36-41)56-35-40(32-33-64-56)62(4,5)6/h7-37H,1-6H3. The van der Waals surface area contributed by atoms with E-state index in [2.05, 4.69) is 208 Å². The van der Waals surface area contributed by atoms with Gasteiger partial charge in [0.1, 0.15) is 34.6 Å². The van der Waals surface area contributed by atoms with Crippen LogP contribution < -0.4 is 30.6 Å². The van der Waals surface area contributed by atoms with Crippen molar-refractivity contribution in [3.63, 3.8) is 0 Å². The van der Waals surface area contributed by atoms with Crippen LogP contribution in [0.1, 0.15) is 52.7 Å². The van der Waals surface area contributed by atoms with Crippen LogP contribution in [-0.4, -0.2) is 25.8 Å². The van der Waals surface area contributed by atoms with Gasteiger partial charge in [0.15, 0.2) is 11.5 Å². The maximum Gasteiger partial charge on any atom is 0.260 e. The van der Waals surface area contributed by atoms with Crippen molar-refractivity contribution in [2.75, 3.05) is 0 Å². The number of pyridine rings is 1. The molecule has 0 unspecified atom stereocenters. The van der Waals surface area contributed by atoms with Crippen molar-refractivity contribution in [2.45, 2.75) is 52.4 Å². The van der Waals surface area contributed by atoms with E-state index in [-0.39, 0.29) is 17.5 Å². The normalized spacial score (nSPS) is 12.9. The fourth-order valence-corrected chi connectivity index (χ4v) is 10.6. The van der Waals surface area contributed by atoms with Crippen molar-refractivity contribution in [3.8, 4) is 68.5 Å². The van der Waals surface area contributed by atoms with Crippen LogP contribution in [0.2, 0.25) is 0 Å². The van der Waals surface area contributed by atoms with Gasteiger partial charge in [0.05, 0.1) is 33.3 Å². The summed E-state index contributed by atoms with van der Waals surface area (Å²) in [5.41, 5.74) is 13.2. The number of rotatable bonds is 6. The zero-order valence-electron chi connectivity index (χ0n) is 40.0.